The van der Waals surface area contributed by atoms with E-state index < -0.39 is 35.8 Å². The molecule has 0 saturated carbocycles. The molecule has 0 bridgehead atoms. The van der Waals surface area contributed by atoms with Gasteiger partial charge in [-0.1, -0.05) is 19.6 Å². The number of ether oxygens (including phenoxy) is 4. The topological polar surface area (TPSA) is 75.0 Å². The number of halogens is 3. The molecule has 0 amide bonds. The van der Waals surface area contributed by atoms with Gasteiger partial charge in [-0.05, 0) is 44.6 Å². The van der Waals surface area contributed by atoms with Gasteiger partial charge >= 0.3 is 0 Å². The van der Waals surface area contributed by atoms with Crippen LogP contribution in [-0.2, 0) is 20.9 Å². The summed E-state index contributed by atoms with van der Waals surface area (Å²) in [6.07, 6.45) is -1.51. The van der Waals surface area contributed by atoms with Crippen molar-refractivity contribution in [1.29, 1.82) is 0 Å². The molecule has 2 aliphatic heterocycles. The summed E-state index contributed by atoms with van der Waals surface area (Å²) in [4.78, 5) is 4.28. The Morgan fingerprint density at radius 2 is 2.17 bits per heavy atom. The van der Waals surface area contributed by atoms with E-state index in [4.69, 9.17) is 18.9 Å². The van der Waals surface area contributed by atoms with E-state index in [1.807, 2.05) is 0 Å². The fraction of sp³-hybridized carbons (Fsp3) is 0.632. The molecule has 0 radical (unpaired) electrons. The molecule has 11 heteroatoms. The molecule has 0 aromatic carbocycles. The highest BCUT2D eigenvalue weighted by Gasteiger charge is 2.59. The van der Waals surface area contributed by atoms with Crippen LogP contribution in [0.5, 0.6) is 5.88 Å². The largest absolute Gasteiger partial charge is 0.470 e. The van der Waals surface area contributed by atoms with Crippen molar-refractivity contribution in [3.63, 3.8) is 0 Å². The summed E-state index contributed by atoms with van der Waals surface area (Å²) in [6, 6.07) is 4.22. The van der Waals surface area contributed by atoms with Gasteiger partial charge in [0.15, 0.2) is 21.4 Å². The number of hydrogen-bond donors (Lipinski definition) is 1. The molecule has 2 saturated heterocycles. The number of aromatic nitrogens is 2. The van der Waals surface area contributed by atoms with Crippen molar-refractivity contribution in [2.24, 2.45) is 0 Å². The first-order valence-electron chi connectivity index (χ1n) is 9.81. The van der Waals surface area contributed by atoms with Gasteiger partial charge < -0.3 is 24.1 Å². The minimum atomic E-state index is -1.22. The summed E-state index contributed by atoms with van der Waals surface area (Å²) in [5.74, 6) is 0.0514. The number of alkyl halides is 1. The first-order valence-corrected chi connectivity index (χ1v) is 15.4. The monoisotopic (exact) mass is 614 g/mol. The molecule has 2 aliphatic rings. The predicted octanol–water partition coefficient (Wildman–Crippen LogP) is 3.92. The van der Waals surface area contributed by atoms with Gasteiger partial charge in [0, 0.05) is 26.8 Å². The Bertz CT molecular complexity index is 942. The number of pyridine rings is 1. The first-order chi connectivity index (χ1) is 14.1. The highest BCUT2D eigenvalue weighted by atomic mass is 127. The van der Waals surface area contributed by atoms with E-state index in [-0.39, 0.29) is 24.5 Å². The molecular weight excluding hydrogens is 590 g/mol. The normalized spacial score (nSPS) is 29.0. The quantitative estimate of drug-likeness (QED) is 0.168. The van der Waals surface area contributed by atoms with E-state index in [9.17, 15) is 9.50 Å². The molecule has 2 aromatic rings. The van der Waals surface area contributed by atoms with Gasteiger partial charge in [-0.25, -0.2) is 9.37 Å². The molecule has 30 heavy (non-hydrogen) atoms. The van der Waals surface area contributed by atoms with Gasteiger partial charge in [-0.15, -0.1) is 0 Å². The van der Waals surface area contributed by atoms with Gasteiger partial charge in [-0.3, -0.25) is 4.57 Å². The van der Waals surface area contributed by atoms with Crippen LogP contribution in [0.15, 0.2) is 16.7 Å². The molecule has 4 heterocycles. The van der Waals surface area contributed by atoms with Crippen molar-refractivity contribution in [2.75, 3.05) is 19.8 Å². The molecule has 4 atom stereocenters. The summed E-state index contributed by atoms with van der Waals surface area (Å²) in [7, 11) is -1.22. The van der Waals surface area contributed by atoms with Gasteiger partial charge in [0.2, 0.25) is 0 Å². The van der Waals surface area contributed by atoms with Crippen LogP contribution in [-0.4, -0.2) is 64.5 Å². The van der Waals surface area contributed by atoms with Crippen LogP contribution in [0, 0.1) is 5.82 Å². The maximum atomic E-state index is 14.2. The van der Waals surface area contributed by atoms with E-state index in [0.717, 1.165) is 6.04 Å². The highest BCUT2D eigenvalue weighted by Crippen LogP contribution is 2.44. The first kappa shape index (κ1) is 22.9. The lowest BCUT2D eigenvalue weighted by molar-refractivity contribution is -0.000362. The van der Waals surface area contributed by atoms with E-state index in [1.165, 1.54) is 6.07 Å². The number of aliphatic hydroxyl groups excluding tert-OH is 1. The number of fused-ring (bicyclic) bond motifs is 2. The van der Waals surface area contributed by atoms with Crippen molar-refractivity contribution >= 4 is 57.6 Å². The van der Waals surface area contributed by atoms with Crippen molar-refractivity contribution in [3.05, 3.63) is 22.6 Å². The Morgan fingerprint density at radius 3 is 2.90 bits per heavy atom. The van der Waals surface area contributed by atoms with E-state index in [2.05, 4.69) is 63.1 Å². The highest BCUT2D eigenvalue weighted by molar-refractivity contribution is 14.1. The third kappa shape index (κ3) is 4.43. The molecule has 2 unspecified atom stereocenters. The van der Waals surface area contributed by atoms with Crippen LogP contribution in [0.25, 0.3) is 11.0 Å². The number of aliphatic hydroxyl groups is 1. The molecule has 2 fully saturated rings. The lowest BCUT2D eigenvalue weighted by Gasteiger charge is -2.24. The third-order valence-corrected chi connectivity index (χ3v) is 9.23. The predicted molar refractivity (Wildman–Crippen MR) is 124 cm³/mol. The lowest BCUT2D eigenvalue weighted by atomic mass is 10.1. The summed E-state index contributed by atoms with van der Waals surface area (Å²) < 4.78 is 39.0. The third-order valence-electron chi connectivity index (χ3n) is 5.33. The average Bonchev–Trinajstić information content (AvgIpc) is 3.25. The van der Waals surface area contributed by atoms with E-state index in [0.29, 0.717) is 23.5 Å². The summed E-state index contributed by atoms with van der Waals surface area (Å²) in [5, 5.41) is 10.2. The molecule has 4 rings (SSSR count). The Morgan fingerprint density at radius 1 is 1.40 bits per heavy atom. The van der Waals surface area contributed by atoms with Crippen molar-refractivity contribution in [3.8, 4) is 5.88 Å². The molecule has 166 valence electrons. The van der Waals surface area contributed by atoms with Crippen LogP contribution in [0.3, 0.4) is 0 Å². The van der Waals surface area contributed by atoms with E-state index >= 15 is 0 Å². The second-order valence-electron chi connectivity index (χ2n) is 8.86. The number of hydrogen-bond acceptors (Lipinski definition) is 6. The second kappa shape index (κ2) is 8.56. The van der Waals surface area contributed by atoms with Crippen LogP contribution < -0.4 is 4.74 Å². The minimum Gasteiger partial charge on any atom is -0.470 e. The lowest BCUT2D eigenvalue weighted by Crippen LogP contribution is -2.42. The SMILES string of the molecule is C[Si](C)(C)CCOCn1c(O[C@@H]2COC3(I)C2OC[C@H]3O)cc2nc(Br)c(F)cc21. The number of rotatable bonds is 7. The molecule has 0 spiro atoms. The minimum absolute atomic E-state index is 0.149. The van der Waals surface area contributed by atoms with Crippen molar-refractivity contribution < 1.29 is 28.4 Å². The Balaban J connectivity index is 1.58. The molecule has 0 aliphatic carbocycles. The smallest absolute Gasteiger partial charge is 0.198 e. The van der Waals surface area contributed by atoms with Crippen LogP contribution in [0.1, 0.15) is 0 Å². The summed E-state index contributed by atoms with van der Waals surface area (Å²) >= 11 is 5.24. The summed E-state index contributed by atoms with van der Waals surface area (Å²) in [5.41, 5.74) is 1.19. The Labute approximate surface area is 197 Å². The maximum absolute atomic E-state index is 14.2. The zero-order chi connectivity index (χ0) is 21.7. The van der Waals surface area contributed by atoms with Gasteiger partial charge in [0.1, 0.15) is 23.5 Å². The standard InChI is InChI=1S/C19H25BrFIN2O5Si/c1-30(2,3)5-4-26-10-24-13-6-11(21)18(20)23-12(13)7-16(24)29-14-8-28-19(22)15(25)9-27-17(14)19/h6-7,14-15,17,25H,4-5,8-10H2,1-3H3/t14-,15-,17?,19?/m1/s1. The fourth-order valence-corrected chi connectivity index (χ4v) is 5.57. The Kier molecular flexibility index (Phi) is 6.52. The molecule has 2 aromatic heterocycles. The Hall–Kier alpha value is -0.313. The second-order valence-corrected chi connectivity index (χ2v) is 16.9. The van der Waals surface area contributed by atoms with Crippen molar-refractivity contribution in [2.45, 2.75) is 54.3 Å². The molecular formula is C19H25BrFIN2O5Si. The molecule has 1 N–H and O–H groups in total. The van der Waals surface area contributed by atoms with Crippen LogP contribution in [0.4, 0.5) is 4.39 Å². The zero-order valence-corrected chi connectivity index (χ0v) is 21.8. The average molecular weight is 615 g/mol. The molecule has 7 nitrogen and oxygen atoms in total. The number of nitrogens with zero attached hydrogens (tertiary/aromatic N) is 2. The van der Waals surface area contributed by atoms with Gasteiger partial charge in [0.05, 0.1) is 24.2 Å². The van der Waals surface area contributed by atoms with E-state index in [1.54, 1.807) is 10.6 Å². The van der Waals surface area contributed by atoms with Crippen LogP contribution >= 0.6 is 38.5 Å². The van der Waals surface area contributed by atoms with Gasteiger partial charge in [-0.2, -0.15) is 0 Å². The van der Waals surface area contributed by atoms with Crippen molar-refractivity contribution in [1.82, 2.24) is 9.55 Å². The zero-order valence-electron chi connectivity index (χ0n) is 17.0. The maximum Gasteiger partial charge on any atom is 0.198 e. The summed E-state index contributed by atoms with van der Waals surface area (Å²) in [6.45, 7) is 8.22. The fourth-order valence-electron chi connectivity index (χ4n) is 3.57. The van der Waals surface area contributed by atoms with Gasteiger partial charge in [0.25, 0.3) is 0 Å². The van der Waals surface area contributed by atoms with Crippen LogP contribution in [0.2, 0.25) is 25.7 Å².